The van der Waals surface area contributed by atoms with Gasteiger partial charge in [-0.15, -0.1) is 0 Å². The van der Waals surface area contributed by atoms with Crippen LogP contribution < -0.4 is 10.1 Å². The van der Waals surface area contributed by atoms with E-state index in [2.05, 4.69) is 15.2 Å². The first-order chi connectivity index (χ1) is 15.7. The summed E-state index contributed by atoms with van der Waals surface area (Å²) in [5, 5.41) is 6.37. The predicted octanol–water partition coefficient (Wildman–Crippen LogP) is 2.46. The highest BCUT2D eigenvalue weighted by Gasteiger charge is 2.32. The highest BCUT2D eigenvalue weighted by Crippen LogP contribution is 2.32. The van der Waals surface area contributed by atoms with E-state index in [4.69, 9.17) is 4.52 Å². The second-order valence-corrected chi connectivity index (χ2v) is 9.89. The van der Waals surface area contributed by atoms with Gasteiger partial charge in [-0.1, -0.05) is 11.2 Å². The van der Waals surface area contributed by atoms with Gasteiger partial charge in [0.2, 0.25) is 15.9 Å². The molecule has 178 valence electrons. The van der Waals surface area contributed by atoms with E-state index in [1.807, 2.05) is 4.90 Å². The van der Waals surface area contributed by atoms with Crippen LogP contribution in [-0.4, -0.2) is 68.0 Å². The minimum absolute atomic E-state index is 0.0577. The summed E-state index contributed by atoms with van der Waals surface area (Å²) in [5.74, 6) is 0.741. The number of amides is 1. The van der Waals surface area contributed by atoms with Crippen molar-refractivity contribution < 1.29 is 31.3 Å². The fraction of sp³-hybridized carbons (Fsp3) is 0.429. The highest BCUT2D eigenvalue weighted by molar-refractivity contribution is 7.93. The first kappa shape index (κ1) is 23.3. The molecule has 1 saturated heterocycles. The molecule has 0 bridgehead atoms. The molecule has 1 aromatic heterocycles. The van der Waals surface area contributed by atoms with Gasteiger partial charge in [-0.3, -0.25) is 9.69 Å². The second-order valence-electron chi connectivity index (χ2n) is 7.90. The topological polar surface area (TPSA) is 105 Å². The third-order valence-corrected chi connectivity index (χ3v) is 7.59. The number of anilines is 1. The Morgan fingerprint density at radius 2 is 1.97 bits per heavy atom. The van der Waals surface area contributed by atoms with Gasteiger partial charge in [0.05, 0.1) is 11.4 Å². The number of carbonyl (C=O) groups excluding carboxylic acids is 1. The SMILES string of the molecule is Cc1cc(NC(=O)CN2CCN(S(=O)(=O)C3=Cc4ccc(OC(F)F)cc4CC3)CC2)no1. The van der Waals surface area contributed by atoms with E-state index in [0.717, 1.165) is 5.56 Å². The van der Waals surface area contributed by atoms with Crippen molar-refractivity contribution in [3.63, 3.8) is 0 Å². The predicted molar refractivity (Wildman–Crippen MR) is 116 cm³/mol. The quantitative estimate of drug-likeness (QED) is 0.646. The zero-order chi connectivity index (χ0) is 23.6. The Labute approximate surface area is 190 Å². The molecular formula is C21H24F2N4O5S. The molecule has 4 rings (SSSR count). The number of carbonyl (C=O) groups is 1. The number of nitrogens with zero attached hydrogens (tertiary/aromatic N) is 3. The number of nitrogens with one attached hydrogen (secondary N) is 1. The number of fused-ring (bicyclic) bond motifs is 1. The Bertz CT molecular complexity index is 1160. The van der Waals surface area contributed by atoms with E-state index in [1.165, 1.54) is 16.4 Å². The lowest BCUT2D eigenvalue weighted by Gasteiger charge is -2.34. The molecule has 2 aliphatic rings. The van der Waals surface area contributed by atoms with Gasteiger partial charge in [0, 0.05) is 32.2 Å². The maximum atomic E-state index is 13.2. The maximum Gasteiger partial charge on any atom is 0.387 e. The molecule has 9 nitrogen and oxygen atoms in total. The molecule has 0 atom stereocenters. The molecule has 2 heterocycles. The fourth-order valence-electron chi connectivity index (χ4n) is 3.93. The summed E-state index contributed by atoms with van der Waals surface area (Å²) in [6.45, 7) is 0.314. The van der Waals surface area contributed by atoms with Gasteiger partial charge in [-0.2, -0.15) is 13.1 Å². The van der Waals surface area contributed by atoms with E-state index in [-0.39, 0.29) is 37.7 Å². The van der Waals surface area contributed by atoms with Crippen molar-refractivity contribution in [2.45, 2.75) is 26.4 Å². The molecule has 2 aromatic rings. The van der Waals surface area contributed by atoms with E-state index in [9.17, 15) is 22.0 Å². The van der Waals surface area contributed by atoms with Crippen LogP contribution in [0, 0.1) is 6.92 Å². The lowest BCUT2D eigenvalue weighted by atomic mass is 9.97. The molecule has 33 heavy (non-hydrogen) atoms. The number of allylic oxidation sites excluding steroid dienone is 1. The summed E-state index contributed by atoms with van der Waals surface area (Å²) in [7, 11) is -3.66. The van der Waals surface area contributed by atoms with Gasteiger partial charge in [0.25, 0.3) is 0 Å². The van der Waals surface area contributed by atoms with Crippen LogP contribution in [0.2, 0.25) is 0 Å². The van der Waals surface area contributed by atoms with Crippen molar-refractivity contribution in [2.75, 3.05) is 38.0 Å². The molecule has 1 aliphatic carbocycles. The number of alkyl halides is 2. The number of benzene rings is 1. The summed E-state index contributed by atoms with van der Waals surface area (Å²) in [6.07, 6.45) is 2.30. The molecule has 1 aliphatic heterocycles. The number of sulfonamides is 1. The standard InChI is InChI=1S/C21H24F2N4O5S/c1-14-10-19(25-32-14)24-20(28)13-26-6-8-27(9-7-26)33(29,30)18-5-3-15-11-17(31-21(22)23)4-2-16(15)12-18/h2,4,10-12,21H,3,5-9,13H2,1H3,(H,24,25,28). The third-order valence-electron chi connectivity index (χ3n) is 5.56. The number of hydrogen-bond acceptors (Lipinski definition) is 7. The van der Waals surface area contributed by atoms with E-state index < -0.39 is 16.6 Å². The van der Waals surface area contributed by atoms with Crippen molar-refractivity contribution in [3.05, 3.63) is 46.1 Å². The van der Waals surface area contributed by atoms with Crippen LogP contribution in [0.3, 0.4) is 0 Å². The molecule has 12 heteroatoms. The summed E-state index contributed by atoms with van der Waals surface area (Å²) in [5.41, 5.74) is 1.45. The van der Waals surface area contributed by atoms with Crippen LogP contribution in [-0.2, 0) is 21.2 Å². The molecule has 1 fully saturated rings. The Morgan fingerprint density at radius 3 is 2.64 bits per heavy atom. The van der Waals surface area contributed by atoms with Crippen molar-refractivity contribution >= 4 is 27.8 Å². The zero-order valence-electron chi connectivity index (χ0n) is 18.0. The highest BCUT2D eigenvalue weighted by atomic mass is 32.2. The normalized spacial score (nSPS) is 17.5. The number of piperazine rings is 1. The van der Waals surface area contributed by atoms with Crippen molar-refractivity contribution in [3.8, 4) is 5.75 Å². The van der Waals surface area contributed by atoms with Crippen molar-refractivity contribution in [1.29, 1.82) is 0 Å². The van der Waals surface area contributed by atoms with Crippen LogP contribution >= 0.6 is 0 Å². The minimum Gasteiger partial charge on any atom is -0.435 e. The Hall–Kier alpha value is -2.83. The number of rotatable bonds is 7. The van der Waals surface area contributed by atoms with Gasteiger partial charge in [-0.05, 0) is 49.1 Å². The number of hydrogen-bond donors (Lipinski definition) is 1. The second kappa shape index (κ2) is 9.57. The van der Waals surface area contributed by atoms with Crippen LogP contribution in [0.1, 0.15) is 23.3 Å². The lowest BCUT2D eigenvalue weighted by molar-refractivity contribution is -0.117. The summed E-state index contributed by atoms with van der Waals surface area (Å²) >= 11 is 0. The molecule has 1 N–H and O–H groups in total. The van der Waals surface area contributed by atoms with E-state index in [1.54, 1.807) is 25.1 Å². The van der Waals surface area contributed by atoms with Crippen LogP contribution in [0.5, 0.6) is 5.75 Å². The van der Waals surface area contributed by atoms with Gasteiger partial charge in [-0.25, -0.2) is 8.42 Å². The maximum absolute atomic E-state index is 13.2. The Morgan fingerprint density at radius 1 is 1.21 bits per heavy atom. The van der Waals surface area contributed by atoms with E-state index in [0.29, 0.717) is 41.6 Å². The van der Waals surface area contributed by atoms with E-state index >= 15 is 0 Å². The first-order valence-corrected chi connectivity index (χ1v) is 11.9. The van der Waals surface area contributed by atoms with Gasteiger partial charge < -0.3 is 14.6 Å². The monoisotopic (exact) mass is 482 g/mol. The first-order valence-electron chi connectivity index (χ1n) is 10.4. The Kier molecular flexibility index (Phi) is 6.77. The average molecular weight is 483 g/mol. The van der Waals surface area contributed by atoms with Gasteiger partial charge >= 0.3 is 6.61 Å². The van der Waals surface area contributed by atoms with Crippen molar-refractivity contribution in [1.82, 2.24) is 14.4 Å². The molecule has 0 saturated carbocycles. The minimum atomic E-state index is -3.66. The van der Waals surface area contributed by atoms with Crippen LogP contribution in [0.15, 0.2) is 33.7 Å². The number of aryl methyl sites for hydroxylation is 2. The summed E-state index contributed by atoms with van der Waals surface area (Å²) in [4.78, 5) is 14.4. The number of ether oxygens (including phenoxy) is 1. The molecule has 1 amide bonds. The zero-order valence-corrected chi connectivity index (χ0v) is 18.8. The van der Waals surface area contributed by atoms with Crippen LogP contribution in [0.4, 0.5) is 14.6 Å². The third kappa shape index (κ3) is 5.57. The molecule has 0 spiro atoms. The molecule has 0 unspecified atom stereocenters. The summed E-state index contributed by atoms with van der Waals surface area (Å²) in [6, 6.07) is 6.13. The smallest absolute Gasteiger partial charge is 0.387 e. The average Bonchev–Trinajstić information content (AvgIpc) is 3.17. The van der Waals surface area contributed by atoms with Crippen molar-refractivity contribution in [2.24, 2.45) is 0 Å². The van der Waals surface area contributed by atoms with Gasteiger partial charge in [0.15, 0.2) is 5.82 Å². The number of aromatic nitrogens is 1. The Balaban J connectivity index is 1.35. The van der Waals surface area contributed by atoms with Gasteiger partial charge in [0.1, 0.15) is 11.5 Å². The summed E-state index contributed by atoms with van der Waals surface area (Å²) < 4.78 is 61.9. The lowest BCUT2D eigenvalue weighted by Crippen LogP contribution is -2.50. The fourth-order valence-corrected chi connectivity index (χ4v) is 5.54. The molecule has 1 aromatic carbocycles. The number of halogens is 2. The van der Waals surface area contributed by atoms with Crippen LogP contribution in [0.25, 0.3) is 6.08 Å². The molecular weight excluding hydrogens is 458 g/mol. The molecule has 0 radical (unpaired) electrons. The largest absolute Gasteiger partial charge is 0.435 e.